The van der Waals surface area contributed by atoms with E-state index in [2.05, 4.69) is 16.0 Å². The molecule has 0 N–H and O–H groups in total. The first kappa shape index (κ1) is 10.9. The second-order valence-electron chi connectivity index (χ2n) is 2.83. The Morgan fingerprint density at radius 3 is 2.67 bits per heavy atom. The zero-order valence-corrected chi connectivity index (χ0v) is 8.51. The molecule has 1 heterocycles. The Bertz CT molecular complexity index is 401. The minimum Gasteiger partial charge on any atom is -0.353 e. The number of nitriles is 2. The van der Waals surface area contributed by atoms with E-state index in [1.807, 2.05) is 17.9 Å². The summed E-state index contributed by atoms with van der Waals surface area (Å²) in [5.74, 6) is 0.553. The predicted octanol–water partition coefficient (Wildman–Crippen LogP) is 1.09. The largest absolute Gasteiger partial charge is 0.353 e. The molecule has 0 saturated heterocycles. The van der Waals surface area contributed by atoms with Crippen molar-refractivity contribution in [3.63, 3.8) is 0 Å². The van der Waals surface area contributed by atoms with E-state index < -0.39 is 0 Å². The molecule has 15 heavy (non-hydrogen) atoms. The van der Waals surface area contributed by atoms with E-state index in [0.717, 1.165) is 0 Å². The summed E-state index contributed by atoms with van der Waals surface area (Å²) < 4.78 is 0. The second-order valence-corrected chi connectivity index (χ2v) is 2.83. The van der Waals surface area contributed by atoms with Crippen LogP contribution >= 0.6 is 0 Å². The normalized spacial score (nSPS) is 9.00. The van der Waals surface area contributed by atoms with E-state index in [9.17, 15) is 0 Å². The fourth-order valence-electron chi connectivity index (χ4n) is 1.24. The van der Waals surface area contributed by atoms with Crippen LogP contribution in [0.15, 0.2) is 12.4 Å². The summed E-state index contributed by atoms with van der Waals surface area (Å²) in [6.07, 6.45) is 3.45. The van der Waals surface area contributed by atoms with Crippen molar-refractivity contribution in [1.29, 1.82) is 10.5 Å². The van der Waals surface area contributed by atoms with Gasteiger partial charge in [-0.3, -0.25) is 0 Å². The molecule has 5 nitrogen and oxygen atoms in total. The Morgan fingerprint density at radius 2 is 2.07 bits per heavy atom. The molecule has 1 aromatic rings. The van der Waals surface area contributed by atoms with E-state index in [-0.39, 0.29) is 0 Å². The van der Waals surface area contributed by atoms with Crippen molar-refractivity contribution in [2.24, 2.45) is 0 Å². The Morgan fingerprint density at radius 1 is 1.33 bits per heavy atom. The molecule has 0 aliphatic carbocycles. The molecule has 0 bridgehead atoms. The number of hydrogen-bond acceptors (Lipinski definition) is 5. The number of nitrogens with zero attached hydrogens (tertiary/aromatic N) is 5. The van der Waals surface area contributed by atoms with Gasteiger partial charge >= 0.3 is 0 Å². The third-order valence-electron chi connectivity index (χ3n) is 1.96. The van der Waals surface area contributed by atoms with Gasteiger partial charge in [-0.25, -0.2) is 9.97 Å². The van der Waals surface area contributed by atoms with Crippen molar-refractivity contribution in [1.82, 2.24) is 9.97 Å². The molecule has 1 aromatic heterocycles. The smallest absolute Gasteiger partial charge is 0.183 e. The SMILES string of the molecule is CCN(CCC#N)c1nccnc1C#N. The lowest BCUT2D eigenvalue weighted by Crippen LogP contribution is -2.25. The van der Waals surface area contributed by atoms with Crippen LogP contribution in [0, 0.1) is 22.7 Å². The predicted molar refractivity (Wildman–Crippen MR) is 54.9 cm³/mol. The van der Waals surface area contributed by atoms with E-state index >= 15 is 0 Å². The molecule has 76 valence electrons. The lowest BCUT2D eigenvalue weighted by atomic mass is 10.3. The van der Waals surface area contributed by atoms with Gasteiger partial charge in [-0.15, -0.1) is 0 Å². The summed E-state index contributed by atoms with van der Waals surface area (Å²) in [7, 11) is 0. The van der Waals surface area contributed by atoms with Gasteiger partial charge in [0.05, 0.1) is 12.5 Å². The van der Waals surface area contributed by atoms with E-state index in [4.69, 9.17) is 10.5 Å². The fraction of sp³-hybridized carbons (Fsp3) is 0.400. The van der Waals surface area contributed by atoms with E-state index in [0.29, 0.717) is 31.0 Å². The third-order valence-corrected chi connectivity index (χ3v) is 1.96. The van der Waals surface area contributed by atoms with Gasteiger partial charge in [-0.1, -0.05) is 0 Å². The fourth-order valence-corrected chi connectivity index (χ4v) is 1.24. The number of hydrogen-bond donors (Lipinski definition) is 0. The summed E-state index contributed by atoms with van der Waals surface area (Å²) in [5, 5.41) is 17.4. The van der Waals surface area contributed by atoms with Crippen molar-refractivity contribution in [3.05, 3.63) is 18.1 Å². The van der Waals surface area contributed by atoms with Crippen LogP contribution < -0.4 is 4.90 Å². The molecule has 0 unspecified atom stereocenters. The Hall–Kier alpha value is -2.14. The molecular formula is C10H11N5. The van der Waals surface area contributed by atoms with Crippen molar-refractivity contribution in [2.75, 3.05) is 18.0 Å². The molecule has 0 fully saturated rings. The van der Waals surface area contributed by atoms with Crippen LogP contribution in [-0.2, 0) is 0 Å². The van der Waals surface area contributed by atoms with Crippen LogP contribution in [0.4, 0.5) is 5.82 Å². The number of aromatic nitrogens is 2. The maximum absolute atomic E-state index is 8.84. The topological polar surface area (TPSA) is 76.6 Å². The zero-order chi connectivity index (χ0) is 11.1. The Balaban J connectivity index is 2.92. The first-order valence-electron chi connectivity index (χ1n) is 4.66. The lowest BCUT2D eigenvalue weighted by Gasteiger charge is -2.20. The van der Waals surface area contributed by atoms with Gasteiger partial charge in [0.2, 0.25) is 0 Å². The summed E-state index contributed by atoms with van der Waals surface area (Å²) in [6, 6.07) is 4.06. The van der Waals surface area contributed by atoms with Gasteiger partial charge in [0.1, 0.15) is 6.07 Å². The van der Waals surface area contributed by atoms with Crippen LogP contribution in [0.2, 0.25) is 0 Å². The third kappa shape index (κ3) is 2.65. The van der Waals surface area contributed by atoms with Gasteiger partial charge in [-0.05, 0) is 6.92 Å². The highest BCUT2D eigenvalue weighted by molar-refractivity contribution is 5.49. The minimum absolute atomic E-state index is 0.303. The second kappa shape index (κ2) is 5.56. The van der Waals surface area contributed by atoms with Crippen LogP contribution in [0.5, 0.6) is 0 Å². The minimum atomic E-state index is 0.303. The highest BCUT2D eigenvalue weighted by atomic mass is 15.2. The number of anilines is 1. The highest BCUT2D eigenvalue weighted by Gasteiger charge is 2.11. The van der Waals surface area contributed by atoms with Crippen molar-refractivity contribution in [3.8, 4) is 12.1 Å². The first-order valence-corrected chi connectivity index (χ1v) is 4.66. The highest BCUT2D eigenvalue weighted by Crippen LogP contribution is 2.13. The summed E-state index contributed by atoms with van der Waals surface area (Å²) in [5.41, 5.74) is 0.303. The molecule has 0 amide bonds. The monoisotopic (exact) mass is 201 g/mol. The average Bonchev–Trinajstić information content (AvgIpc) is 2.30. The Kier molecular flexibility index (Phi) is 4.05. The summed E-state index contributed by atoms with van der Waals surface area (Å²) in [4.78, 5) is 9.90. The van der Waals surface area contributed by atoms with E-state index in [1.165, 1.54) is 6.20 Å². The molecule has 0 aliphatic rings. The lowest BCUT2D eigenvalue weighted by molar-refractivity contribution is 0.804. The summed E-state index contributed by atoms with van der Waals surface area (Å²) >= 11 is 0. The van der Waals surface area contributed by atoms with Crippen molar-refractivity contribution in [2.45, 2.75) is 13.3 Å². The molecule has 0 aliphatic heterocycles. The standard InChI is InChI=1S/C10H11N5/c1-2-15(7-3-4-11)10-9(8-12)13-5-6-14-10/h5-6H,2-3,7H2,1H3. The average molecular weight is 201 g/mol. The Labute approximate surface area is 88.6 Å². The molecule has 0 atom stereocenters. The van der Waals surface area contributed by atoms with Crippen molar-refractivity contribution >= 4 is 5.82 Å². The zero-order valence-electron chi connectivity index (χ0n) is 8.51. The van der Waals surface area contributed by atoms with Gasteiger partial charge in [0, 0.05) is 25.5 Å². The molecule has 0 aromatic carbocycles. The number of rotatable bonds is 4. The van der Waals surface area contributed by atoms with Crippen LogP contribution in [-0.4, -0.2) is 23.1 Å². The molecule has 0 saturated carbocycles. The quantitative estimate of drug-likeness (QED) is 0.728. The van der Waals surface area contributed by atoms with Gasteiger partial charge < -0.3 is 4.90 Å². The maximum Gasteiger partial charge on any atom is 0.183 e. The molecule has 0 spiro atoms. The van der Waals surface area contributed by atoms with Gasteiger partial charge in [0.15, 0.2) is 11.5 Å². The first-order chi connectivity index (χ1) is 7.33. The molecule has 0 radical (unpaired) electrons. The van der Waals surface area contributed by atoms with Crippen molar-refractivity contribution < 1.29 is 0 Å². The van der Waals surface area contributed by atoms with Crippen LogP contribution in [0.3, 0.4) is 0 Å². The van der Waals surface area contributed by atoms with E-state index in [1.54, 1.807) is 6.20 Å². The summed E-state index contributed by atoms with van der Waals surface area (Å²) in [6.45, 7) is 3.22. The molecule has 1 rings (SSSR count). The molecular weight excluding hydrogens is 190 g/mol. The van der Waals surface area contributed by atoms with Gasteiger partial charge in [-0.2, -0.15) is 10.5 Å². The molecule has 5 heteroatoms. The maximum atomic E-state index is 8.84. The van der Waals surface area contributed by atoms with Crippen LogP contribution in [0.25, 0.3) is 0 Å². The van der Waals surface area contributed by atoms with Crippen LogP contribution in [0.1, 0.15) is 19.0 Å². The van der Waals surface area contributed by atoms with Gasteiger partial charge in [0.25, 0.3) is 0 Å².